The van der Waals surface area contributed by atoms with E-state index >= 15 is 0 Å². The van der Waals surface area contributed by atoms with Crippen molar-refractivity contribution < 1.29 is 4.79 Å². The van der Waals surface area contributed by atoms with Crippen LogP contribution in [0.1, 0.15) is 72.1 Å². The first-order chi connectivity index (χ1) is 8.45. The Morgan fingerprint density at radius 3 is 2.06 bits per heavy atom. The van der Waals surface area contributed by atoms with E-state index in [2.05, 4.69) is 6.92 Å². The molecule has 0 aliphatic heterocycles. The lowest BCUT2D eigenvalue weighted by atomic mass is 10.0. The van der Waals surface area contributed by atoms with E-state index in [1.807, 2.05) is 20.9 Å². The molecule has 2 nitrogen and oxygen atoms in total. The van der Waals surface area contributed by atoms with Gasteiger partial charge in [0.15, 0.2) is 0 Å². The summed E-state index contributed by atoms with van der Waals surface area (Å²) in [5.41, 5.74) is -0.236. The first kappa shape index (κ1) is 17.8. The molecule has 0 bridgehead atoms. The normalized spacial score (nSPS) is 11.6. The number of rotatable bonds is 10. The minimum atomic E-state index is -0.236. The molecule has 0 spiro atoms. The molecule has 0 aliphatic rings. The van der Waals surface area contributed by atoms with Crippen molar-refractivity contribution >= 4 is 17.5 Å². The van der Waals surface area contributed by atoms with Crippen molar-refractivity contribution in [2.75, 3.05) is 12.9 Å². The molecule has 108 valence electrons. The van der Waals surface area contributed by atoms with E-state index in [9.17, 15) is 4.79 Å². The Kier molecular flexibility index (Phi) is 9.53. The van der Waals surface area contributed by atoms with Crippen LogP contribution in [0.3, 0.4) is 0 Å². The number of alkyl halides is 1. The van der Waals surface area contributed by atoms with E-state index in [4.69, 9.17) is 11.6 Å². The van der Waals surface area contributed by atoms with Crippen LogP contribution in [0.5, 0.6) is 0 Å². The summed E-state index contributed by atoms with van der Waals surface area (Å²) < 4.78 is 0. The summed E-state index contributed by atoms with van der Waals surface area (Å²) in [6, 6.07) is 0. The lowest BCUT2D eigenvalue weighted by molar-refractivity contribution is -0.134. The number of unbranched alkanes of at least 4 members (excludes halogenated alkanes) is 6. The Morgan fingerprint density at radius 1 is 1.06 bits per heavy atom. The van der Waals surface area contributed by atoms with Gasteiger partial charge in [0.25, 0.3) is 0 Å². The van der Waals surface area contributed by atoms with Crippen LogP contribution in [-0.2, 0) is 4.79 Å². The van der Waals surface area contributed by atoms with Crippen LogP contribution in [0.2, 0.25) is 0 Å². The highest BCUT2D eigenvalue weighted by Crippen LogP contribution is 2.16. The van der Waals surface area contributed by atoms with Gasteiger partial charge in [-0.2, -0.15) is 0 Å². The summed E-state index contributed by atoms with van der Waals surface area (Å²) in [4.78, 5) is 13.7. The van der Waals surface area contributed by atoms with Gasteiger partial charge in [-0.25, -0.2) is 0 Å². The van der Waals surface area contributed by atoms with E-state index in [0.717, 1.165) is 6.42 Å². The number of carbonyl (C=O) groups excluding carboxylic acids is 1. The molecule has 3 heteroatoms. The second kappa shape index (κ2) is 9.66. The van der Waals surface area contributed by atoms with Crippen LogP contribution in [0.25, 0.3) is 0 Å². The number of carbonyl (C=O) groups is 1. The number of amides is 1. The molecule has 0 radical (unpaired) electrons. The zero-order chi connectivity index (χ0) is 14.0. The van der Waals surface area contributed by atoms with E-state index in [0.29, 0.717) is 12.3 Å². The van der Waals surface area contributed by atoms with Gasteiger partial charge < -0.3 is 4.90 Å². The van der Waals surface area contributed by atoms with Crippen molar-refractivity contribution in [2.45, 2.75) is 77.7 Å². The fraction of sp³-hybridized carbons (Fsp3) is 0.933. The van der Waals surface area contributed by atoms with Gasteiger partial charge in [-0.1, -0.05) is 45.4 Å². The molecule has 0 unspecified atom stereocenters. The van der Waals surface area contributed by atoms with Gasteiger partial charge >= 0.3 is 0 Å². The third-order valence-electron chi connectivity index (χ3n) is 3.60. The molecule has 0 aromatic heterocycles. The maximum Gasteiger partial charge on any atom is 0.222 e. The van der Waals surface area contributed by atoms with Gasteiger partial charge in [0.1, 0.15) is 0 Å². The summed E-state index contributed by atoms with van der Waals surface area (Å²) in [5, 5.41) is 0. The summed E-state index contributed by atoms with van der Waals surface area (Å²) in [5.74, 6) is 0.695. The zero-order valence-corrected chi connectivity index (χ0v) is 13.4. The summed E-state index contributed by atoms with van der Waals surface area (Å²) >= 11 is 5.87. The molecule has 1 amide bonds. The largest absolute Gasteiger partial charge is 0.339 e. The number of hydrogen-bond donors (Lipinski definition) is 0. The Labute approximate surface area is 118 Å². The van der Waals surface area contributed by atoms with E-state index < -0.39 is 0 Å². The minimum Gasteiger partial charge on any atom is -0.339 e. The van der Waals surface area contributed by atoms with Gasteiger partial charge in [0.2, 0.25) is 5.91 Å². The van der Waals surface area contributed by atoms with Gasteiger partial charge in [0, 0.05) is 19.3 Å². The van der Waals surface area contributed by atoms with E-state index in [1.54, 1.807) is 4.90 Å². The predicted molar refractivity (Wildman–Crippen MR) is 80.2 cm³/mol. The highest BCUT2D eigenvalue weighted by atomic mass is 35.5. The standard InChI is InChI=1S/C15H30ClNO/c1-5-6-7-8-9-10-11-12-14(18)17(4)15(2,3)13-16/h5-13H2,1-4H3. The maximum atomic E-state index is 12.0. The number of nitrogens with zero attached hydrogens (tertiary/aromatic N) is 1. The van der Waals surface area contributed by atoms with Crippen molar-refractivity contribution in [1.82, 2.24) is 4.90 Å². The third-order valence-corrected chi connectivity index (χ3v) is 4.26. The lowest BCUT2D eigenvalue weighted by Crippen LogP contribution is -2.46. The number of halogens is 1. The van der Waals surface area contributed by atoms with Crippen LogP contribution in [0, 0.1) is 0 Å². The Hall–Kier alpha value is -0.240. The molecule has 0 rings (SSSR count). The molecule has 0 atom stereocenters. The van der Waals surface area contributed by atoms with Crippen LogP contribution in [0.4, 0.5) is 0 Å². The lowest BCUT2D eigenvalue weighted by Gasteiger charge is -2.34. The smallest absolute Gasteiger partial charge is 0.222 e. The topological polar surface area (TPSA) is 20.3 Å². The van der Waals surface area contributed by atoms with Crippen molar-refractivity contribution in [3.05, 3.63) is 0 Å². The Morgan fingerprint density at radius 2 is 1.56 bits per heavy atom. The molecule has 0 N–H and O–H groups in total. The van der Waals surface area contributed by atoms with Crippen LogP contribution in [-0.4, -0.2) is 29.3 Å². The van der Waals surface area contributed by atoms with Crippen molar-refractivity contribution in [3.63, 3.8) is 0 Å². The Bertz CT molecular complexity index is 229. The maximum absolute atomic E-state index is 12.0. The van der Waals surface area contributed by atoms with Crippen molar-refractivity contribution in [2.24, 2.45) is 0 Å². The van der Waals surface area contributed by atoms with Gasteiger partial charge in [-0.15, -0.1) is 11.6 Å². The summed E-state index contributed by atoms with van der Waals surface area (Å²) in [7, 11) is 1.85. The van der Waals surface area contributed by atoms with Crippen LogP contribution < -0.4 is 0 Å². The van der Waals surface area contributed by atoms with Gasteiger partial charge in [-0.3, -0.25) is 4.79 Å². The van der Waals surface area contributed by atoms with Gasteiger partial charge in [-0.05, 0) is 20.3 Å². The molecule has 0 aromatic rings. The molecule has 0 aromatic carbocycles. The summed E-state index contributed by atoms with van der Waals surface area (Å²) in [6.45, 7) is 6.23. The average molecular weight is 276 g/mol. The second-order valence-electron chi connectivity index (χ2n) is 5.77. The minimum absolute atomic E-state index is 0.217. The van der Waals surface area contributed by atoms with Crippen LogP contribution >= 0.6 is 11.6 Å². The third kappa shape index (κ3) is 7.25. The SMILES string of the molecule is CCCCCCCCCC(=O)N(C)C(C)(C)CCl. The summed E-state index contributed by atoms with van der Waals surface area (Å²) in [6.07, 6.45) is 9.37. The highest BCUT2D eigenvalue weighted by molar-refractivity contribution is 6.18. The molecular formula is C15H30ClNO. The second-order valence-corrected chi connectivity index (χ2v) is 6.04. The van der Waals surface area contributed by atoms with E-state index in [-0.39, 0.29) is 11.4 Å². The van der Waals surface area contributed by atoms with Crippen LogP contribution in [0.15, 0.2) is 0 Å². The van der Waals surface area contributed by atoms with Gasteiger partial charge in [0.05, 0.1) is 5.54 Å². The molecule has 0 aliphatic carbocycles. The molecule has 0 heterocycles. The quantitative estimate of drug-likeness (QED) is 0.421. The average Bonchev–Trinajstić information content (AvgIpc) is 2.36. The monoisotopic (exact) mass is 275 g/mol. The molecule has 18 heavy (non-hydrogen) atoms. The van der Waals surface area contributed by atoms with Crippen molar-refractivity contribution in [1.29, 1.82) is 0 Å². The van der Waals surface area contributed by atoms with E-state index in [1.165, 1.54) is 38.5 Å². The van der Waals surface area contributed by atoms with Crippen molar-refractivity contribution in [3.8, 4) is 0 Å². The Balaban J connectivity index is 3.65. The highest BCUT2D eigenvalue weighted by Gasteiger charge is 2.25. The molecule has 0 saturated heterocycles. The molecule has 0 fully saturated rings. The fourth-order valence-electron chi connectivity index (χ4n) is 1.83. The zero-order valence-electron chi connectivity index (χ0n) is 12.6. The molecular weight excluding hydrogens is 246 g/mol. The molecule has 0 saturated carbocycles. The first-order valence-electron chi connectivity index (χ1n) is 7.28. The fourth-order valence-corrected chi connectivity index (χ4v) is 2.01. The first-order valence-corrected chi connectivity index (χ1v) is 7.81. The number of hydrogen-bond acceptors (Lipinski definition) is 1. The predicted octanol–water partition coefficient (Wildman–Crippen LogP) is 4.60.